The summed E-state index contributed by atoms with van der Waals surface area (Å²) in [6.45, 7) is 13.2. The Morgan fingerprint density at radius 2 is 1.68 bits per heavy atom. The lowest BCUT2D eigenvalue weighted by Crippen LogP contribution is -2.55. The second-order valence-corrected chi connectivity index (χ2v) is 9.96. The van der Waals surface area contributed by atoms with Gasteiger partial charge >= 0.3 is 0 Å². The van der Waals surface area contributed by atoms with Gasteiger partial charge in [-0.1, -0.05) is 34.1 Å². The Labute approximate surface area is 136 Å². The third-order valence-corrected chi connectivity index (χ3v) is 8.28. The number of ether oxygens (including phenoxy) is 2. The summed E-state index contributed by atoms with van der Waals surface area (Å²) in [5.74, 6) is 1.80. The van der Waals surface area contributed by atoms with Gasteiger partial charge in [0.1, 0.15) is 0 Å². The Kier molecular flexibility index (Phi) is 3.16. The van der Waals surface area contributed by atoms with Crippen molar-refractivity contribution in [3.05, 3.63) is 0 Å². The predicted molar refractivity (Wildman–Crippen MR) is 88.5 cm³/mol. The second kappa shape index (κ2) is 4.51. The van der Waals surface area contributed by atoms with E-state index in [0.29, 0.717) is 22.7 Å². The fourth-order valence-corrected chi connectivity index (χ4v) is 7.06. The minimum atomic E-state index is -0.265. The first-order valence-electron chi connectivity index (χ1n) is 9.56. The average Bonchev–Trinajstić information content (AvgIpc) is 2.91. The molecular weight excluding hydrogens is 272 g/mol. The molecule has 2 aliphatic carbocycles. The van der Waals surface area contributed by atoms with Gasteiger partial charge in [0.25, 0.3) is 0 Å². The molecule has 22 heavy (non-hydrogen) atoms. The Morgan fingerprint density at radius 1 is 0.909 bits per heavy atom. The molecule has 2 heteroatoms. The topological polar surface area (TPSA) is 18.5 Å². The van der Waals surface area contributed by atoms with Crippen molar-refractivity contribution in [2.24, 2.45) is 28.6 Å². The zero-order valence-corrected chi connectivity index (χ0v) is 15.2. The second-order valence-electron chi connectivity index (χ2n) is 9.96. The van der Waals surface area contributed by atoms with Crippen LogP contribution in [0.3, 0.4) is 0 Å². The van der Waals surface area contributed by atoms with Crippen molar-refractivity contribution in [1.29, 1.82) is 0 Å². The summed E-state index contributed by atoms with van der Waals surface area (Å²) in [6, 6.07) is 0. The van der Waals surface area contributed by atoms with Crippen molar-refractivity contribution in [1.82, 2.24) is 0 Å². The van der Waals surface area contributed by atoms with Crippen molar-refractivity contribution in [3.63, 3.8) is 0 Å². The summed E-state index contributed by atoms with van der Waals surface area (Å²) in [6.07, 6.45) is 9.02. The molecule has 2 nitrogen and oxygen atoms in total. The van der Waals surface area contributed by atoms with E-state index in [1.807, 2.05) is 0 Å². The van der Waals surface area contributed by atoms with Crippen molar-refractivity contribution < 1.29 is 9.47 Å². The molecule has 0 N–H and O–H groups in total. The van der Waals surface area contributed by atoms with Crippen LogP contribution in [0.4, 0.5) is 0 Å². The van der Waals surface area contributed by atoms with E-state index in [0.717, 1.165) is 25.4 Å². The molecule has 0 aromatic rings. The summed E-state index contributed by atoms with van der Waals surface area (Å²) in [5.41, 5.74) is 0.966. The summed E-state index contributed by atoms with van der Waals surface area (Å²) >= 11 is 0. The molecule has 2 aliphatic heterocycles. The maximum Gasteiger partial charge on any atom is 0.171 e. The van der Waals surface area contributed by atoms with E-state index in [9.17, 15) is 0 Å². The summed E-state index contributed by atoms with van der Waals surface area (Å²) in [4.78, 5) is 0. The van der Waals surface area contributed by atoms with Crippen molar-refractivity contribution >= 4 is 0 Å². The predicted octanol–water partition coefficient (Wildman–Crippen LogP) is 5.16. The van der Waals surface area contributed by atoms with E-state index in [1.54, 1.807) is 0 Å². The Hall–Kier alpha value is -0.0800. The van der Waals surface area contributed by atoms with E-state index < -0.39 is 0 Å². The van der Waals surface area contributed by atoms with Crippen LogP contribution >= 0.6 is 0 Å². The fraction of sp³-hybridized carbons (Fsp3) is 1.00. The third-order valence-electron chi connectivity index (χ3n) is 8.28. The number of hydrogen-bond donors (Lipinski definition) is 0. The first-order valence-corrected chi connectivity index (χ1v) is 9.56. The maximum atomic E-state index is 6.77. The van der Waals surface area contributed by atoms with Crippen LogP contribution in [0.15, 0.2) is 0 Å². The summed E-state index contributed by atoms with van der Waals surface area (Å²) in [7, 11) is 0. The van der Waals surface area contributed by atoms with Crippen LogP contribution in [0.25, 0.3) is 0 Å². The van der Waals surface area contributed by atoms with Crippen molar-refractivity contribution in [2.75, 3.05) is 6.61 Å². The van der Waals surface area contributed by atoms with E-state index in [-0.39, 0.29) is 11.4 Å². The van der Waals surface area contributed by atoms with E-state index in [4.69, 9.17) is 9.47 Å². The smallest absolute Gasteiger partial charge is 0.171 e. The highest BCUT2D eigenvalue weighted by atomic mass is 16.7. The first-order chi connectivity index (χ1) is 10.2. The van der Waals surface area contributed by atoms with Crippen LogP contribution in [0.2, 0.25) is 0 Å². The molecule has 0 unspecified atom stereocenters. The monoisotopic (exact) mass is 306 g/mol. The number of rotatable bonds is 0. The molecule has 4 fully saturated rings. The van der Waals surface area contributed by atoms with Crippen LogP contribution < -0.4 is 0 Å². The normalized spacial score (nSPS) is 56.9. The van der Waals surface area contributed by atoms with Gasteiger partial charge < -0.3 is 9.47 Å². The third kappa shape index (κ3) is 1.86. The number of hydrogen-bond acceptors (Lipinski definition) is 2. The first kappa shape index (κ1) is 15.4. The highest BCUT2D eigenvalue weighted by Gasteiger charge is 2.67. The molecule has 0 aromatic heterocycles. The fourth-order valence-electron chi connectivity index (χ4n) is 7.06. The lowest BCUT2D eigenvalue weighted by molar-refractivity contribution is -0.252. The maximum absolute atomic E-state index is 6.77. The molecule has 0 aromatic carbocycles. The van der Waals surface area contributed by atoms with Gasteiger partial charge in [-0.05, 0) is 61.7 Å². The highest BCUT2D eigenvalue weighted by Crippen LogP contribution is 2.68. The molecule has 126 valence electrons. The van der Waals surface area contributed by atoms with Crippen molar-refractivity contribution in [2.45, 2.75) is 91.0 Å². The molecule has 4 rings (SSSR count). The molecule has 2 saturated heterocycles. The minimum Gasteiger partial charge on any atom is -0.350 e. The van der Waals surface area contributed by atoms with Gasteiger partial charge in [-0.3, -0.25) is 0 Å². The summed E-state index contributed by atoms with van der Waals surface area (Å²) in [5, 5.41) is 0. The molecule has 6 atom stereocenters. The molecule has 1 spiro atoms. The Morgan fingerprint density at radius 3 is 2.36 bits per heavy atom. The minimum absolute atomic E-state index is 0.0390. The van der Waals surface area contributed by atoms with Gasteiger partial charge in [0.15, 0.2) is 5.79 Å². The highest BCUT2D eigenvalue weighted by molar-refractivity contribution is 5.13. The van der Waals surface area contributed by atoms with E-state index >= 15 is 0 Å². The largest absolute Gasteiger partial charge is 0.350 e. The van der Waals surface area contributed by atoms with E-state index in [1.165, 1.54) is 32.1 Å². The van der Waals surface area contributed by atoms with Crippen molar-refractivity contribution in [3.8, 4) is 0 Å². The van der Waals surface area contributed by atoms with Crippen LogP contribution in [0.5, 0.6) is 0 Å². The number of fused-ring (bicyclic) bond motifs is 3. The zero-order valence-electron chi connectivity index (χ0n) is 15.2. The molecular formula is C20H34O2. The van der Waals surface area contributed by atoms with Crippen LogP contribution in [-0.4, -0.2) is 18.0 Å². The Bertz CT molecular complexity index is 472. The Balaban J connectivity index is 1.71. The standard InChI is InChI=1S/C20H34O2/c1-14-8-12-21-20(14)13-16-18(4)10-6-9-17(2,3)15(18)7-11-19(16,5)22-20/h14-16H,6-13H2,1-5H3/t14-,15+,16-,18+,19-,20+/m1/s1. The van der Waals surface area contributed by atoms with Gasteiger partial charge in [0.2, 0.25) is 0 Å². The molecule has 0 radical (unpaired) electrons. The molecule has 4 aliphatic rings. The SMILES string of the molecule is C[C@@H]1CCO[C@]12C[C@@H]1[C@@]3(C)CCCC(C)(C)[C@@H]3CC[C@@]1(C)O2. The van der Waals surface area contributed by atoms with Gasteiger partial charge in [-0.2, -0.15) is 0 Å². The lowest BCUT2D eigenvalue weighted by Gasteiger charge is -2.60. The summed E-state index contributed by atoms with van der Waals surface area (Å²) < 4.78 is 13.0. The zero-order chi connectivity index (χ0) is 15.8. The van der Waals surface area contributed by atoms with Crippen LogP contribution in [-0.2, 0) is 9.47 Å². The molecule has 2 heterocycles. The average molecular weight is 306 g/mol. The van der Waals surface area contributed by atoms with Gasteiger partial charge in [-0.25, -0.2) is 0 Å². The van der Waals surface area contributed by atoms with Gasteiger partial charge in [0, 0.05) is 12.3 Å². The molecule has 0 bridgehead atoms. The molecule has 0 amide bonds. The van der Waals surface area contributed by atoms with Gasteiger partial charge in [0.05, 0.1) is 12.2 Å². The van der Waals surface area contributed by atoms with Gasteiger partial charge in [-0.15, -0.1) is 0 Å². The van der Waals surface area contributed by atoms with E-state index in [2.05, 4.69) is 34.6 Å². The quantitative estimate of drug-likeness (QED) is 0.615. The van der Waals surface area contributed by atoms with Crippen LogP contribution in [0.1, 0.15) is 79.6 Å². The molecule has 2 saturated carbocycles. The van der Waals surface area contributed by atoms with Crippen LogP contribution in [0, 0.1) is 28.6 Å². The lowest BCUT2D eigenvalue weighted by atomic mass is 9.45.